The molecule has 1 unspecified atom stereocenters. The number of nitrogens with one attached hydrogen (secondary N) is 2. The van der Waals surface area contributed by atoms with Crippen LogP contribution in [-0.2, 0) is 6.42 Å². The Morgan fingerprint density at radius 1 is 1.23 bits per heavy atom. The Kier molecular flexibility index (Phi) is 3.15. The number of hydrogen-bond donors (Lipinski definition) is 2. The van der Waals surface area contributed by atoms with Crippen LogP contribution in [0.25, 0.3) is 10.9 Å². The summed E-state index contributed by atoms with van der Waals surface area (Å²) in [7, 11) is 0. The van der Waals surface area contributed by atoms with Crippen LogP contribution in [0.5, 0.6) is 0 Å². The number of amides is 1. The first kappa shape index (κ1) is 13.1. The molecule has 4 nitrogen and oxygen atoms in total. The van der Waals surface area contributed by atoms with Crippen LogP contribution in [0, 0.1) is 0 Å². The van der Waals surface area contributed by atoms with Crippen LogP contribution >= 0.6 is 0 Å². The number of rotatable bonds is 2. The van der Waals surface area contributed by atoms with Crippen LogP contribution in [0.3, 0.4) is 0 Å². The first-order valence-corrected chi connectivity index (χ1v) is 7.63. The number of aryl methyl sites for hydroxylation is 1. The maximum absolute atomic E-state index is 12.5. The van der Waals surface area contributed by atoms with Gasteiger partial charge in [-0.1, -0.05) is 24.3 Å². The minimum atomic E-state index is -0.0233. The third kappa shape index (κ3) is 2.26. The van der Waals surface area contributed by atoms with Gasteiger partial charge in [0.05, 0.1) is 17.8 Å². The van der Waals surface area contributed by atoms with E-state index < -0.39 is 0 Å². The van der Waals surface area contributed by atoms with Crippen LogP contribution in [0.4, 0.5) is 0 Å². The van der Waals surface area contributed by atoms with Crippen molar-refractivity contribution >= 4 is 16.8 Å². The summed E-state index contributed by atoms with van der Waals surface area (Å²) in [6, 6.07) is 14.1. The van der Waals surface area contributed by atoms with Crippen molar-refractivity contribution in [3.05, 3.63) is 65.4 Å². The maximum Gasteiger partial charge on any atom is 0.251 e. The summed E-state index contributed by atoms with van der Waals surface area (Å²) in [6.07, 6.45) is 4.95. The first-order valence-electron chi connectivity index (χ1n) is 7.63. The third-order valence-corrected chi connectivity index (χ3v) is 4.38. The molecule has 0 saturated heterocycles. The second kappa shape index (κ2) is 5.30. The van der Waals surface area contributed by atoms with E-state index in [0.717, 1.165) is 30.2 Å². The molecule has 0 aliphatic heterocycles. The molecule has 1 amide bonds. The van der Waals surface area contributed by atoms with Gasteiger partial charge in [0.1, 0.15) is 0 Å². The molecule has 4 rings (SSSR count). The summed E-state index contributed by atoms with van der Waals surface area (Å²) in [5, 5.41) is 11.0. The van der Waals surface area contributed by atoms with E-state index >= 15 is 0 Å². The summed E-state index contributed by atoms with van der Waals surface area (Å²) >= 11 is 0. The summed E-state index contributed by atoms with van der Waals surface area (Å²) in [6.45, 7) is 0. The van der Waals surface area contributed by atoms with Crippen LogP contribution in [0.1, 0.15) is 40.4 Å². The third-order valence-electron chi connectivity index (χ3n) is 4.38. The summed E-state index contributed by atoms with van der Waals surface area (Å²) in [5.41, 5.74) is 4.23. The Labute approximate surface area is 128 Å². The van der Waals surface area contributed by atoms with Gasteiger partial charge in [-0.25, -0.2) is 0 Å². The van der Waals surface area contributed by atoms with E-state index in [1.807, 2.05) is 24.3 Å². The van der Waals surface area contributed by atoms with Crippen LogP contribution in [0.2, 0.25) is 0 Å². The first-order chi connectivity index (χ1) is 10.8. The monoisotopic (exact) mass is 291 g/mol. The van der Waals surface area contributed by atoms with Gasteiger partial charge in [-0.3, -0.25) is 9.89 Å². The van der Waals surface area contributed by atoms with Gasteiger partial charge in [-0.05, 0) is 48.6 Å². The SMILES string of the molecule is O=C(NC1CCCc2ccccc21)c1ccc2[nH]ncc2c1. The minimum absolute atomic E-state index is 0.0233. The Balaban J connectivity index is 1.59. The van der Waals surface area contributed by atoms with Gasteiger partial charge in [-0.2, -0.15) is 5.10 Å². The Bertz CT molecular complexity index is 837. The molecule has 1 atom stereocenters. The number of nitrogens with zero attached hydrogens (tertiary/aromatic N) is 1. The van der Waals surface area contributed by atoms with E-state index in [-0.39, 0.29) is 11.9 Å². The number of aromatic nitrogens is 2. The van der Waals surface area contributed by atoms with Crippen LogP contribution < -0.4 is 5.32 Å². The molecule has 4 heteroatoms. The molecule has 1 aliphatic carbocycles. The molecule has 0 spiro atoms. The molecule has 22 heavy (non-hydrogen) atoms. The van der Waals surface area contributed by atoms with Crippen molar-refractivity contribution in [2.45, 2.75) is 25.3 Å². The Morgan fingerprint density at radius 2 is 2.14 bits per heavy atom. The van der Waals surface area contributed by atoms with Gasteiger partial charge < -0.3 is 5.32 Å². The van der Waals surface area contributed by atoms with Gasteiger partial charge in [-0.15, -0.1) is 0 Å². The lowest BCUT2D eigenvalue weighted by molar-refractivity contribution is 0.0933. The molecule has 0 fully saturated rings. The average Bonchev–Trinajstić information content (AvgIpc) is 3.02. The van der Waals surface area contributed by atoms with Gasteiger partial charge in [0, 0.05) is 10.9 Å². The van der Waals surface area contributed by atoms with E-state index in [0.29, 0.717) is 5.56 Å². The van der Waals surface area contributed by atoms with E-state index in [1.54, 1.807) is 6.20 Å². The molecule has 2 aromatic carbocycles. The highest BCUT2D eigenvalue weighted by atomic mass is 16.1. The lowest BCUT2D eigenvalue weighted by Gasteiger charge is -2.26. The number of fused-ring (bicyclic) bond motifs is 2. The van der Waals surface area contributed by atoms with Crippen LogP contribution in [-0.4, -0.2) is 16.1 Å². The molecule has 2 N–H and O–H groups in total. The Hall–Kier alpha value is -2.62. The number of hydrogen-bond acceptors (Lipinski definition) is 2. The highest BCUT2D eigenvalue weighted by Gasteiger charge is 2.21. The van der Waals surface area contributed by atoms with Crippen molar-refractivity contribution in [2.75, 3.05) is 0 Å². The molecule has 0 radical (unpaired) electrons. The number of aromatic amines is 1. The molecular weight excluding hydrogens is 274 g/mol. The van der Waals surface area contributed by atoms with E-state index in [1.165, 1.54) is 11.1 Å². The summed E-state index contributed by atoms with van der Waals surface area (Å²) in [4.78, 5) is 12.5. The highest BCUT2D eigenvalue weighted by molar-refractivity contribution is 5.98. The zero-order valence-corrected chi connectivity index (χ0v) is 12.2. The zero-order chi connectivity index (χ0) is 14.9. The quantitative estimate of drug-likeness (QED) is 0.760. The molecule has 3 aromatic rings. The van der Waals surface area contributed by atoms with Gasteiger partial charge in [0.15, 0.2) is 0 Å². The Morgan fingerprint density at radius 3 is 3.09 bits per heavy atom. The molecular formula is C18H17N3O. The van der Waals surface area contributed by atoms with Crippen molar-refractivity contribution in [1.82, 2.24) is 15.5 Å². The fraction of sp³-hybridized carbons (Fsp3) is 0.222. The molecule has 0 saturated carbocycles. The van der Waals surface area contributed by atoms with E-state index in [2.05, 4.69) is 33.7 Å². The summed E-state index contributed by atoms with van der Waals surface area (Å²) in [5.74, 6) is -0.0233. The lowest BCUT2D eigenvalue weighted by Crippen LogP contribution is -2.30. The standard InChI is InChI=1S/C18H17N3O/c22-18(13-8-9-16-14(10-13)11-19-21-16)20-17-7-3-5-12-4-1-2-6-15(12)17/h1-2,4,6,8-11,17H,3,5,7H2,(H,19,21)(H,20,22). The van der Waals surface area contributed by atoms with Crippen LogP contribution in [0.15, 0.2) is 48.7 Å². The largest absolute Gasteiger partial charge is 0.345 e. The summed E-state index contributed by atoms with van der Waals surface area (Å²) < 4.78 is 0. The van der Waals surface area contributed by atoms with Gasteiger partial charge >= 0.3 is 0 Å². The van der Waals surface area contributed by atoms with Crippen molar-refractivity contribution in [1.29, 1.82) is 0 Å². The topological polar surface area (TPSA) is 57.8 Å². The predicted molar refractivity (Wildman–Crippen MR) is 85.7 cm³/mol. The molecule has 0 bridgehead atoms. The normalized spacial score (nSPS) is 17.2. The smallest absolute Gasteiger partial charge is 0.251 e. The number of carbonyl (C=O) groups excluding carboxylic acids is 1. The predicted octanol–water partition coefficient (Wildman–Crippen LogP) is 3.37. The van der Waals surface area contributed by atoms with E-state index in [4.69, 9.17) is 0 Å². The lowest BCUT2D eigenvalue weighted by atomic mass is 9.87. The zero-order valence-electron chi connectivity index (χ0n) is 12.2. The fourth-order valence-electron chi connectivity index (χ4n) is 3.23. The number of carbonyl (C=O) groups is 1. The average molecular weight is 291 g/mol. The second-order valence-electron chi connectivity index (χ2n) is 5.79. The highest BCUT2D eigenvalue weighted by Crippen LogP contribution is 2.29. The molecule has 110 valence electrons. The molecule has 1 aliphatic rings. The van der Waals surface area contributed by atoms with Crippen molar-refractivity contribution in [3.63, 3.8) is 0 Å². The van der Waals surface area contributed by atoms with Crippen molar-refractivity contribution in [2.24, 2.45) is 0 Å². The van der Waals surface area contributed by atoms with Gasteiger partial charge in [0.2, 0.25) is 0 Å². The molecule has 1 heterocycles. The maximum atomic E-state index is 12.5. The fourth-order valence-corrected chi connectivity index (χ4v) is 3.23. The van der Waals surface area contributed by atoms with Crippen molar-refractivity contribution < 1.29 is 4.79 Å². The van der Waals surface area contributed by atoms with Crippen molar-refractivity contribution in [3.8, 4) is 0 Å². The number of benzene rings is 2. The number of H-pyrrole nitrogens is 1. The minimum Gasteiger partial charge on any atom is -0.345 e. The molecule has 1 aromatic heterocycles. The van der Waals surface area contributed by atoms with E-state index in [9.17, 15) is 4.79 Å². The second-order valence-corrected chi connectivity index (χ2v) is 5.79. The van der Waals surface area contributed by atoms with Gasteiger partial charge in [0.25, 0.3) is 5.91 Å².